The van der Waals surface area contributed by atoms with Crippen molar-refractivity contribution in [1.29, 1.82) is 0 Å². The van der Waals surface area contributed by atoms with Gasteiger partial charge in [0.1, 0.15) is 0 Å². The van der Waals surface area contributed by atoms with Crippen LogP contribution in [0.3, 0.4) is 0 Å². The van der Waals surface area contributed by atoms with Crippen LogP contribution >= 0.6 is 11.3 Å². The summed E-state index contributed by atoms with van der Waals surface area (Å²) in [5, 5.41) is 9.23. The third kappa shape index (κ3) is 5.13. The molecule has 0 saturated carbocycles. The van der Waals surface area contributed by atoms with Gasteiger partial charge in [-0.3, -0.25) is 4.79 Å². The Labute approximate surface area is 140 Å². The van der Waals surface area contributed by atoms with E-state index in [2.05, 4.69) is 27.8 Å². The number of rotatable bonds is 6. The summed E-state index contributed by atoms with van der Waals surface area (Å²) < 4.78 is 5.53. The van der Waals surface area contributed by atoms with Gasteiger partial charge in [0.25, 0.3) is 0 Å². The van der Waals surface area contributed by atoms with Gasteiger partial charge < -0.3 is 15.4 Å². The van der Waals surface area contributed by atoms with Gasteiger partial charge in [0.2, 0.25) is 5.91 Å². The Bertz CT molecular complexity index is 624. The molecule has 2 N–H and O–H groups in total. The molecule has 0 aliphatic carbocycles. The van der Waals surface area contributed by atoms with E-state index < -0.39 is 0 Å². The Morgan fingerprint density at radius 1 is 1.39 bits per heavy atom. The summed E-state index contributed by atoms with van der Waals surface area (Å²) in [5.74, 6) is 0.0105. The van der Waals surface area contributed by atoms with E-state index in [0.29, 0.717) is 19.6 Å². The van der Waals surface area contributed by atoms with Crippen molar-refractivity contribution in [3.8, 4) is 0 Å². The summed E-state index contributed by atoms with van der Waals surface area (Å²) in [4.78, 5) is 16.5. The Morgan fingerprint density at radius 3 is 3.04 bits per heavy atom. The molecule has 1 saturated heterocycles. The van der Waals surface area contributed by atoms with Crippen LogP contribution in [-0.4, -0.2) is 36.7 Å². The van der Waals surface area contributed by atoms with Gasteiger partial charge in [-0.05, 0) is 5.56 Å². The molecule has 0 spiro atoms. The van der Waals surface area contributed by atoms with E-state index in [1.165, 1.54) is 5.56 Å². The number of amides is 1. The molecule has 1 unspecified atom stereocenters. The van der Waals surface area contributed by atoms with Crippen LogP contribution in [0.1, 0.15) is 22.7 Å². The second kappa shape index (κ2) is 8.19. The molecule has 1 aromatic heterocycles. The number of aromatic nitrogens is 1. The Balaban J connectivity index is 1.44. The first-order valence-corrected chi connectivity index (χ1v) is 8.74. The molecular weight excluding hydrogens is 310 g/mol. The van der Waals surface area contributed by atoms with E-state index in [9.17, 15) is 4.79 Å². The minimum Gasteiger partial charge on any atom is -0.375 e. The minimum atomic E-state index is -0.0205. The smallest absolute Gasteiger partial charge is 0.222 e. The van der Waals surface area contributed by atoms with Crippen LogP contribution in [-0.2, 0) is 22.5 Å². The van der Waals surface area contributed by atoms with Crippen LogP contribution in [0, 0.1) is 0 Å². The summed E-state index contributed by atoms with van der Waals surface area (Å²) in [6.07, 6.45) is 1.21. The molecule has 5 nitrogen and oxygen atoms in total. The standard InChI is InChI=1S/C17H21N3O2S/c21-16(9-15-11-18-6-7-22-15)19-10-14-12-23-17(20-14)8-13-4-2-1-3-5-13/h1-5,12,15,18H,6-11H2,(H,19,21). The average molecular weight is 331 g/mol. The fourth-order valence-electron chi connectivity index (χ4n) is 2.50. The molecule has 1 aromatic carbocycles. The molecule has 1 amide bonds. The highest BCUT2D eigenvalue weighted by Gasteiger charge is 2.17. The van der Waals surface area contributed by atoms with Crippen molar-refractivity contribution in [2.24, 2.45) is 0 Å². The van der Waals surface area contributed by atoms with Crippen molar-refractivity contribution >= 4 is 17.2 Å². The van der Waals surface area contributed by atoms with E-state index in [4.69, 9.17) is 4.74 Å². The number of benzene rings is 1. The van der Waals surface area contributed by atoms with Crippen molar-refractivity contribution in [3.63, 3.8) is 0 Å². The predicted molar refractivity (Wildman–Crippen MR) is 90.4 cm³/mol. The lowest BCUT2D eigenvalue weighted by Gasteiger charge is -2.22. The van der Waals surface area contributed by atoms with E-state index >= 15 is 0 Å². The largest absolute Gasteiger partial charge is 0.375 e. The van der Waals surface area contributed by atoms with Gasteiger partial charge in [0, 0.05) is 24.9 Å². The Morgan fingerprint density at radius 2 is 2.26 bits per heavy atom. The van der Waals surface area contributed by atoms with Crippen LogP contribution in [0.15, 0.2) is 35.7 Å². The summed E-state index contributed by atoms with van der Waals surface area (Å²) in [6.45, 7) is 2.75. The van der Waals surface area contributed by atoms with E-state index in [1.807, 2.05) is 23.6 Å². The third-order valence-corrected chi connectivity index (χ3v) is 4.58. The van der Waals surface area contributed by atoms with Gasteiger partial charge >= 0.3 is 0 Å². The van der Waals surface area contributed by atoms with Crippen molar-refractivity contribution < 1.29 is 9.53 Å². The first-order chi connectivity index (χ1) is 11.3. The number of hydrogen-bond acceptors (Lipinski definition) is 5. The lowest BCUT2D eigenvalue weighted by molar-refractivity contribution is -0.124. The molecule has 2 aromatic rings. The lowest BCUT2D eigenvalue weighted by Crippen LogP contribution is -2.41. The highest BCUT2D eigenvalue weighted by Crippen LogP contribution is 2.14. The average Bonchev–Trinajstić information content (AvgIpc) is 3.02. The molecule has 0 bridgehead atoms. The number of thiazole rings is 1. The summed E-state index contributed by atoms with van der Waals surface area (Å²) in [5.41, 5.74) is 2.16. The molecule has 122 valence electrons. The van der Waals surface area contributed by atoms with E-state index in [-0.39, 0.29) is 12.0 Å². The van der Waals surface area contributed by atoms with Crippen LogP contribution in [0.5, 0.6) is 0 Å². The van der Waals surface area contributed by atoms with Crippen molar-refractivity contribution in [3.05, 3.63) is 52.0 Å². The van der Waals surface area contributed by atoms with Crippen LogP contribution < -0.4 is 10.6 Å². The highest BCUT2D eigenvalue weighted by atomic mass is 32.1. The zero-order valence-electron chi connectivity index (χ0n) is 13.0. The van der Waals surface area contributed by atoms with Gasteiger partial charge in [-0.1, -0.05) is 30.3 Å². The number of hydrogen-bond donors (Lipinski definition) is 2. The van der Waals surface area contributed by atoms with Gasteiger partial charge in [-0.2, -0.15) is 0 Å². The Hall–Kier alpha value is -1.76. The van der Waals surface area contributed by atoms with Crippen LogP contribution in [0.4, 0.5) is 0 Å². The predicted octanol–water partition coefficient (Wildman–Crippen LogP) is 1.73. The molecule has 23 heavy (non-hydrogen) atoms. The number of ether oxygens (including phenoxy) is 1. The van der Waals surface area contributed by atoms with Crippen molar-refractivity contribution in [1.82, 2.24) is 15.6 Å². The maximum Gasteiger partial charge on any atom is 0.222 e. The summed E-state index contributed by atoms with van der Waals surface area (Å²) >= 11 is 1.63. The summed E-state index contributed by atoms with van der Waals surface area (Å²) in [7, 11) is 0. The topological polar surface area (TPSA) is 63.2 Å². The van der Waals surface area contributed by atoms with E-state index in [0.717, 1.165) is 30.2 Å². The first-order valence-electron chi connectivity index (χ1n) is 7.86. The van der Waals surface area contributed by atoms with E-state index in [1.54, 1.807) is 11.3 Å². The highest BCUT2D eigenvalue weighted by molar-refractivity contribution is 7.09. The molecular formula is C17H21N3O2S. The number of morpholine rings is 1. The van der Waals surface area contributed by atoms with Gasteiger partial charge in [-0.15, -0.1) is 11.3 Å². The normalized spacial score (nSPS) is 17.8. The van der Waals surface area contributed by atoms with Crippen molar-refractivity contribution in [2.45, 2.75) is 25.5 Å². The van der Waals surface area contributed by atoms with Gasteiger partial charge in [0.15, 0.2) is 0 Å². The number of carbonyl (C=O) groups is 1. The molecule has 0 radical (unpaired) electrons. The molecule has 2 heterocycles. The van der Waals surface area contributed by atoms with Crippen LogP contribution in [0.25, 0.3) is 0 Å². The number of nitrogens with zero attached hydrogens (tertiary/aromatic N) is 1. The number of carbonyl (C=O) groups excluding carboxylic acids is 1. The second-order valence-corrected chi connectivity index (χ2v) is 6.52. The third-order valence-electron chi connectivity index (χ3n) is 3.68. The maximum absolute atomic E-state index is 11.9. The molecule has 1 aliphatic rings. The second-order valence-electron chi connectivity index (χ2n) is 5.57. The maximum atomic E-state index is 11.9. The molecule has 1 atom stereocenters. The molecule has 1 aliphatic heterocycles. The molecule has 6 heteroatoms. The lowest BCUT2D eigenvalue weighted by atomic mass is 10.2. The molecule has 1 fully saturated rings. The van der Waals surface area contributed by atoms with Gasteiger partial charge in [0.05, 0.1) is 36.4 Å². The SMILES string of the molecule is O=C(CC1CNCCO1)NCc1csc(Cc2ccccc2)n1. The number of nitrogens with one attached hydrogen (secondary N) is 2. The zero-order chi connectivity index (χ0) is 15.9. The fourth-order valence-corrected chi connectivity index (χ4v) is 3.33. The monoisotopic (exact) mass is 331 g/mol. The molecule has 3 rings (SSSR count). The first kappa shape index (κ1) is 16.1. The quantitative estimate of drug-likeness (QED) is 0.846. The van der Waals surface area contributed by atoms with Gasteiger partial charge in [-0.25, -0.2) is 4.98 Å². The Kier molecular flexibility index (Phi) is 5.74. The fraction of sp³-hybridized carbons (Fsp3) is 0.412. The zero-order valence-corrected chi connectivity index (χ0v) is 13.8. The summed E-state index contributed by atoms with van der Waals surface area (Å²) in [6, 6.07) is 10.3. The van der Waals surface area contributed by atoms with Crippen LogP contribution in [0.2, 0.25) is 0 Å². The minimum absolute atomic E-state index is 0.0105. The van der Waals surface area contributed by atoms with Crippen molar-refractivity contribution in [2.75, 3.05) is 19.7 Å².